The number of rotatable bonds is 9. The number of amides is 1. The fraction of sp³-hybridized carbons (Fsp3) is 0.480. The molecule has 1 atom stereocenters. The fourth-order valence-electron chi connectivity index (χ4n) is 4.19. The number of nitrogens with zero attached hydrogens (tertiary/aromatic N) is 3. The highest BCUT2D eigenvalue weighted by molar-refractivity contribution is 7.92. The lowest BCUT2D eigenvalue weighted by molar-refractivity contribution is -0.132. The second-order valence-electron chi connectivity index (χ2n) is 9.15. The van der Waals surface area contributed by atoms with E-state index in [-0.39, 0.29) is 11.8 Å². The maximum absolute atomic E-state index is 13.0. The van der Waals surface area contributed by atoms with Crippen LogP contribution in [0.1, 0.15) is 19.4 Å². The van der Waals surface area contributed by atoms with Crippen LogP contribution in [0.25, 0.3) is 0 Å². The number of carbonyl (C=O) groups is 1. The molecule has 2 aromatic rings. The van der Waals surface area contributed by atoms with Crippen LogP contribution in [0.5, 0.6) is 5.75 Å². The lowest BCUT2D eigenvalue weighted by Crippen LogP contribution is -2.54. The molecule has 1 unspecified atom stereocenters. The molecule has 2 N–H and O–H groups in total. The van der Waals surface area contributed by atoms with Crippen molar-refractivity contribution in [3.8, 4) is 5.75 Å². The molecule has 0 radical (unpaired) electrons. The largest absolute Gasteiger partial charge is 0.497 e. The highest BCUT2D eigenvalue weighted by Crippen LogP contribution is 2.32. The van der Waals surface area contributed by atoms with Crippen molar-refractivity contribution in [1.29, 1.82) is 0 Å². The summed E-state index contributed by atoms with van der Waals surface area (Å²) in [5.41, 5.74) is 8.77. The Morgan fingerprint density at radius 3 is 2.24 bits per heavy atom. The Balaban J connectivity index is 1.67. The molecule has 9 heteroatoms. The van der Waals surface area contributed by atoms with E-state index < -0.39 is 16.1 Å². The van der Waals surface area contributed by atoms with Gasteiger partial charge in [0.2, 0.25) is 15.9 Å². The van der Waals surface area contributed by atoms with Gasteiger partial charge in [0, 0.05) is 32.7 Å². The lowest BCUT2D eigenvalue weighted by atomic mass is 10.0. The van der Waals surface area contributed by atoms with Gasteiger partial charge in [0.05, 0.1) is 30.8 Å². The van der Waals surface area contributed by atoms with Crippen LogP contribution >= 0.6 is 0 Å². The second-order valence-corrected chi connectivity index (χ2v) is 11.1. The third kappa shape index (κ3) is 6.42. The summed E-state index contributed by atoms with van der Waals surface area (Å²) in [5, 5.41) is 0. The van der Waals surface area contributed by atoms with Gasteiger partial charge in [0.25, 0.3) is 0 Å². The molecule has 0 bridgehead atoms. The van der Waals surface area contributed by atoms with Crippen LogP contribution in [0.15, 0.2) is 48.5 Å². The van der Waals surface area contributed by atoms with Crippen LogP contribution in [0, 0.1) is 5.92 Å². The highest BCUT2D eigenvalue weighted by atomic mass is 32.2. The van der Waals surface area contributed by atoms with E-state index in [0.29, 0.717) is 44.8 Å². The highest BCUT2D eigenvalue weighted by Gasteiger charge is 2.28. The summed E-state index contributed by atoms with van der Waals surface area (Å²) >= 11 is 0. The van der Waals surface area contributed by atoms with Gasteiger partial charge < -0.3 is 20.3 Å². The maximum Gasteiger partial charge on any atom is 0.239 e. The van der Waals surface area contributed by atoms with Gasteiger partial charge in [-0.3, -0.25) is 9.10 Å². The van der Waals surface area contributed by atoms with Gasteiger partial charge >= 0.3 is 0 Å². The van der Waals surface area contributed by atoms with Gasteiger partial charge in [-0.25, -0.2) is 8.42 Å². The number of methoxy groups -OCH3 is 1. The molecule has 2 aromatic carbocycles. The zero-order valence-electron chi connectivity index (χ0n) is 20.5. The van der Waals surface area contributed by atoms with Crippen LogP contribution in [0.2, 0.25) is 0 Å². The molecule has 1 aliphatic rings. The first-order valence-corrected chi connectivity index (χ1v) is 13.4. The topological polar surface area (TPSA) is 96.2 Å². The van der Waals surface area contributed by atoms with Crippen molar-refractivity contribution in [2.24, 2.45) is 11.7 Å². The van der Waals surface area contributed by atoms with Crippen molar-refractivity contribution in [2.75, 3.05) is 55.3 Å². The van der Waals surface area contributed by atoms with Crippen LogP contribution in [-0.2, 0) is 21.2 Å². The Labute approximate surface area is 203 Å². The van der Waals surface area contributed by atoms with E-state index in [0.717, 1.165) is 17.0 Å². The summed E-state index contributed by atoms with van der Waals surface area (Å²) in [4.78, 5) is 16.9. The minimum absolute atomic E-state index is 0.0682. The van der Waals surface area contributed by atoms with Gasteiger partial charge in [-0.15, -0.1) is 0 Å². The van der Waals surface area contributed by atoms with E-state index in [2.05, 4.69) is 4.90 Å². The van der Waals surface area contributed by atoms with Crippen molar-refractivity contribution in [2.45, 2.75) is 26.3 Å². The average molecular weight is 489 g/mol. The monoisotopic (exact) mass is 488 g/mol. The van der Waals surface area contributed by atoms with Crippen molar-refractivity contribution >= 4 is 27.3 Å². The lowest BCUT2D eigenvalue weighted by Gasteiger charge is -2.39. The smallest absolute Gasteiger partial charge is 0.239 e. The average Bonchev–Trinajstić information content (AvgIpc) is 2.82. The summed E-state index contributed by atoms with van der Waals surface area (Å²) in [7, 11) is -1.81. The Hall–Kier alpha value is -2.78. The summed E-state index contributed by atoms with van der Waals surface area (Å²) < 4.78 is 31.7. The van der Waals surface area contributed by atoms with Gasteiger partial charge in [0.1, 0.15) is 5.75 Å². The number of benzene rings is 2. The molecule has 1 amide bonds. The zero-order valence-corrected chi connectivity index (χ0v) is 21.3. The molecule has 34 heavy (non-hydrogen) atoms. The van der Waals surface area contributed by atoms with Crippen LogP contribution in [0.3, 0.4) is 0 Å². The minimum atomic E-state index is -3.43. The molecule has 0 spiro atoms. The Morgan fingerprint density at radius 2 is 1.68 bits per heavy atom. The Kier molecular flexibility index (Phi) is 8.43. The number of carbonyl (C=O) groups excluding carboxylic acids is 1. The maximum atomic E-state index is 13.0. The van der Waals surface area contributed by atoms with Crippen LogP contribution in [0.4, 0.5) is 11.4 Å². The minimum Gasteiger partial charge on any atom is -0.497 e. The Morgan fingerprint density at radius 1 is 1.06 bits per heavy atom. The zero-order chi connectivity index (χ0) is 24.9. The molecule has 1 fully saturated rings. The molecule has 1 heterocycles. The molecule has 186 valence electrons. The first-order valence-electron chi connectivity index (χ1n) is 11.6. The molecular formula is C25H36N4O4S. The van der Waals surface area contributed by atoms with Crippen molar-refractivity contribution in [3.05, 3.63) is 54.1 Å². The number of sulfonamides is 1. The number of hydrogen-bond donors (Lipinski definition) is 1. The second kappa shape index (κ2) is 11.1. The molecule has 0 aromatic heterocycles. The van der Waals surface area contributed by atoms with Crippen molar-refractivity contribution in [3.63, 3.8) is 0 Å². The number of ether oxygens (including phenoxy) is 1. The predicted molar refractivity (Wildman–Crippen MR) is 137 cm³/mol. The first-order chi connectivity index (χ1) is 16.1. The summed E-state index contributed by atoms with van der Waals surface area (Å²) in [6.07, 6.45) is 1.71. The molecule has 1 aliphatic heterocycles. The number of para-hydroxylation sites is 2. The molecular weight excluding hydrogens is 452 g/mol. The standard InChI is InChI=1S/C25H36N4O4S/c1-19(2)18-29(34(4,31)32)24-8-6-5-7-23(24)27-13-15-28(16-14-27)25(30)22(26)17-20-9-11-21(33-3)12-10-20/h5-12,19,22H,13-18,26H2,1-4H3. The predicted octanol–water partition coefficient (Wildman–Crippen LogP) is 2.34. The molecule has 8 nitrogen and oxygen atoms in total. The Bertz CT molecular complexity index is 1060. The summed E-state index contributed by atoms with van der Waals surface area (Å²) in [6, 6.07) is 14.5. The quantitative estimate of drug-likeness (QED) is 0.582. The number of anilines is 2. The first kappa shape index (κ1) is 25.8. The van der Waals surface area contributed by atoms with E-state index in [4.69, 9.17) is 10.5 Å². The number of piperazine rings is 1. The van der Waals surface area contributed by atoms with Crippen molar-refractivity contribution < 1.29 is 17.9 Å². The molecule has 0 saturated carbocycles. The van der Waals surface area contributed by atoms with Crippen LogP contribution in [-0.4, -0.2) is 71.4 Å². The fourth-order valence-corrected chi connectivity index (χ4v) is 5.27. The number of nitrogens with two attached hydrogens (primary N) is 1. The van der Waals surface area contributed by atoms with E-state index in [9.17, 15) is 13.2 Å². The molecule has 1 saturated heterocycles. The van der Waals surface area contributed by atoms with Crippen molar-refractivity contribution in [1.82, 2.24) is 4.90 Å². The third-order valence-corrected chi connectivity index (χ3v) is 7.09. The molecule has 0 aliphatic carbocycles. The van der Waals surface area contributed by atoms with Gasteiger partial charge in [0.15, 0.2) is 0 Å². The van der Waals surface area contributed by atoms with Gasteiger partial charge in [-0.05, 0) is 42.2 Å². The van der Waals surface area contributed by atoms with E-state index in [1.165, 1.54) is 10.6 Å². The van der Waals surface area contributed by atoms with E-state index in [1.807, 2.05) is 62.4 Å². The third-order valence-electron chi connectivity index (χ3n) is 5.95. The van der Waals surface area contributed by atoms with Gasteiger partial charge in [-0.1, -0.05) is 38.1 Å². The summed E-state index contributed by atoms with van der Waals surface area (Å²) in [6.45, 7) is 6.70. The molecule has 3 rings (SSSR count). The van der Waals surface area contributed by atoms with E-state index >= 15 is 0 Å². The SMILES string of the molecule is COc1ccc(CC(N)C(=O)N2CCN(c3ccccc3N(CC(C)C)S(C)(=O)=O)CC2)cc1. The van der Waals surface area contributed by atoms with E-state index in [1.54, 1.807) is 12.0 Å². The normalized spacial score (nSPS) is 15.4. The van der Waals surface area contributed by atoms with Crippen LogP contribution < -0.4 is 19.7 Å². The summed E-state index contributed by atoms with van der Waals surface area (Å²) in [5.74, 6) is 0.883. The number of hydrogen-bond acceptors (Lipinski definition) is 6. The van der Waals surface area contributed by atoms with Gasteiger partial charge in [-0.2, -0.15) is 0 Å².